The summed E-state index contributed by atoms with van der Waals surface area (Å²) in [4.78, 5) is 24.6. The minimum absolute atomic E-state index is 0.0416. The number of nitrogens with one attached hydrogen (secondary N) is 1. The zero-order valence-electron chi connectivity index (χ0n) is 17.2. The lowest BCUT2D eigenvalue weighted by atomic mass is 10.1. The largest absolute Gasteiger partial charge is 0.444 e. The van der Waals surface area contributed by atoms with E-state index in [9.17, 15) is 22.4 Å². The van der Waals surface area contributed by atoms with Gasteiger partial charge in [0.2, 0.25) is 0 Å². The third-order valence-electron chi connectivity index (χ3n) is 5.00. The number of ether oxygens (including phenoxy) is 1. The van der Waals surface area contributed by atoms with Crippen molar-refractivity contribution in [3.05, 3.63) is 65.5 Å². The molecule has 1 aliphatic rings. The molecule has 0 radical (unpaired) electrons. The normalized spacial score (nSPS) is 23.5. The van der Waals surface area contributed by atoms with Gasteiger partial charge in [0.25, 0.3) is 0 Å². The smallest absolute Gasteiger partial charge is 0.408 e. The number of amides is 1. The Bertz CT molecular complexity index is 1060. The monoisotopic (exact) mass is 433 g/mol. The molecule has 0 aromatic heterocycles. The Morgan fingerprint density at radius 1 is 1.10 bits per heavy atom. The van der Waals surface area contributed by atoms with Crippen LogP contribution in [0, 0.1) is 12.7 Å². The highest BCUT2D eigenvalue weighted by Crippen LogP contribution is 2.56. The topological polar surface area (TPSA) is 89.5 Å². The molecule has 0 saturated heterocycles. The number of aryl methyl sites for hydroxylation is 1. The van der Waals surface area contributed by atoms with Crippen LogP contribution in [0.2, 0.25) is 0 Å². The number of alkyl carbamates (subject to hydrolysis) is 1. The third-order valence-corrected chi connectivity index (χ3v) is 7.26. The number of halogens is 1. The Kier molecular flexibility index (Phi) is 5.49. The second-order valence-electron chi connectivity index (χ2n) is 8.49. The molecule has 1 saturated carbocycles. The minimum Gasteiger partial charge on any atom is -0.444 e. The van der Waals surface area contributed by atoms with Crippen LogP contribution >= 0.6 is 0 Å². The molecule has 1 fully saturated rings. The molecule has 1 N–H and O–H groups in total. The zero-order valence-corrected chi connectivity index (χ0v) is 18.0. The standard InChI is InChI=1S/C22H24FNO5S/c1-14-5-11-17(12-6-14)30(27,28)19-18(15-7-9-16(23)10-8-15)22(19,13-25)24-20(26)29-21(2,3)4/h5-13,18-19H,1-4H3,(H,24,26)/t18-,19-,22+/m0/s1. The molecule has 8 heteroatoms. The molecule has 1 aliphatic carbocycles. The van der Waals surface area contributed by atoms with E-state index in [0.29, 0.717) is 11.8 Å². The number of hydrogen-bond acceptors (Lipinski definition) is 5. The lowest BCUT2D eigenvalue weighted by Gasteiger charge is -2.22. The van der Waals surface area contributed by atoms with Crippen LogP contribution in [-0.2, 0) is 19.4 Å². The van der Waals surface area contributed by atoms with Crippen molar-refractivity contribution in [2.24, 2.45) is 0 Å². The summed E-state index contributed by atoms with van der Waals surface area (Å²) in [5.74, 6) is -1.37. The van der Waals surface area contributed by atoms with Crippen molar-refractivity contribution in [1.82, 2.24) is 5.32 Å². The van der Waals surface area contributed by atoms with Gasteiger partial charge >= 0.3 is 6.09 Å². The molecule has 3 rings (SSSR count). The van der Waals surface area contributed by atoms with E-state index in [1.807, 2.05) is 6.92 Å². The number of carbonyl (C=O) groups is 2. The number of sulfone groups is 1. The number of carbonyl (C=O) groups excluding carboxylic acids is 2. The fourth-order valence-electron chi connectivity index (χ4n) is 3.60. The first kappa shape index (κ1) is 22.0. The molecule has 30 heavy (non-hydrogen) atoms. The average Bonchev–Trinajstić information content (AvgIpc) is 3.30. The van der Waals surface area contributed by atoms with Gasteiger partial charge in [0.15, 0.2) is 9.84 Å². The molecule has 6 nitrogen and oxygen atoms in total. The van der Waals surface area contributed by atoms with Crippen molar-refractivity contribution in [1.29, 1.82) is 0 Å². The van der Waals surface area contributed by atoms with Crippen molar-refractivity contribution in [3.63, 3.8) is 0 Å². The van der Waals surface area contributed by atoms with Crippen LogP contribution in [0.5, 0.6) is 0 Å². The molecule has 0 heterocycles. The van der Waals surface area contributed by atoms with Gasteiger partial charge < -0.3 is 14.8 Å². The van der Waals surface area contributed by atoms with E-state index < -0.39 is 44.1 Å². The van der Waals surface area contributed by atoms with Crippen molar-refractivity contribution < 1.29 is 27.1 Å². The van der Waals surface area contributed by atoms with Gasteiger partial charge in [-0.1, -0.05) is 29.8 Å². The van der Waals surface area contributed by atoms with E-state index in [0.717, 1.165) is 5.56 Å². The van der Waals surface area contributed by atoms with E-state index in [1.54, 1.807) is 32.9 Å². The lowest BCUT2D eigenvalue weighted by molar-refractivity contribution is -0.110. The maximum Gasteiger partial charge on any atom is 0.408 e. The van der Waals surface area contributed by atoms with E-state index >= 15 is 0 Å². The van der Waals surface area contributed by atoms with Crippen LogP contribution in [0.25, 0.3) is 0 Å². The van der Waals surface area contributed by atoms with Crippen LogP contribution < -0.4 is 5.32 Å². The molecular weight excluding hydrogens is 409 g/mol. The molecule has 2 aromatic carbocycles. The summed E-state index contributed by atoms with van der Waals surface area (Å²) < 4.78 is 45.4. The second-order valence-corrected chi connectivity index (χ2v) is 10.6. The van der Waals surface area contributed by atoms with Gasteiger partial charge in [-0.15, -0.1) is 0 Å². The van der Waals surface area contributed by atoms with Crippen LogP contribution in [0.1, 0.15) is 37.8 Å². The van der Waals surface area contributed by atoms with Crippen molar-refractivity contribution >= 4 is 22.2 Å². The number of aldehydes is 1. The summed E-state index contributed by atoms with van der Waals surface area (Å²) in [7, 11) is -3.99. The maximum absolute atomic E-state index is 13.4. The van der Waals surface area contributed by atoms with Crippen LogP contribution in [0.4, 0.5) is 9.18 Å². The summed E-state index contributed by atoms with van der Waals surface area (Å²) in [5, 5.41) is 1.22. The van der Waals surface area contributed by atoms with Crippen LogP contribution in [0.15, 0.2) is 53.4 Å². The number of benzene rings is 2. The third kappa shape index (κ3) is 4.09. The average molecular weight is 434 g/mol. The van der Waals surface area contributed by atoms with Crippen molar-refractivity contribution in [3.8, 4) is 0 Å². The van der Waals surface area contributed by atoms with Gasteiger partial charge in [0.1, 0.15) is 28.5 Å². The Morgan fingerprint density at radius 3 is 2.17 bits per heavy atom. The second kappa shape index (κ2) is 7.50. The molecule has 3 atom stereocenters. The Morgan fingerprint density at radius 2 is 1.67 bits per heavy atom. The zero-order chi connectivity index (χ0) is 22.3. The molecule has 160 valence electrons. The van der Waals surface area contributed by atoms with E-state index in [4.69, 9.17) is 4.74 Å². The number of hydrogen-bond donors (Lipinski definition) is 1. The SMILES string of the molecule is Cc1ccc(S(=O)(=O)[C@H]2[C@H](c3ccc(F)cc3)[C@@]2(C=O)NC(=O)OC(C)(C)C)cc1. The van der Waals surface area contributed by atoms with Crippen LogP contribution in [0.3, 0.4) is 0 Å². The van der Waals surface area contributed by atoms with Crippen molar-refractivity contribution in [2.45, 2.75) is 54.9 Å². The molecule has 0 aliphatic heterocycles. The predicted molar refractivity (Wildman–Crippen MR) is 109 cm³/mol. The maximum atomic E-state index is 13.4. The lowest BCUT2D eigenvalue weighted by Crippen LogP contribution is -2.45. The fraction of sp³-hybridized carbons (Fsp3) is 0.364. The molecule has 0 unspecified atom stereocenters. The molecule has 1 amide bonds. The molecule has 2 aromatic rings. The Balaban J connectivity index is 2.04. The highest BCUT2D eigenvalue weighted by molar-refractivity contribution is 7.92. The summed E-state index contributed by atoms with van der Waals surface area (Å²) in [5.41, 5.74) is -1.24. The summed E-state index contributed by atoms with van der Waals surface area (Å²) in [6, 6.07) is 11.5. The quantitative estimate of drug-likeness (QED) is 0.729. The van der Waals surface area contributed by atoms with Gasteiger partial charge in [-0.2, -0.15) is 0 Å². The van der Waals surface area contributed by atoms with Gasteiger partial charge in [-0.05, 0) is 57.5 Å². The summed E-state index contributed by atoms with van der Waals surface area (Å²) in [6.07, 6.45) is -0.468. The predicted octanol–water partition coefficient (Wildman–Crippen LogP) is 3.54. The fourth-order valence-corrected chi connectivity index (χ4v) is 5.85. The van der Waals surface area contributed by atoms with Crippen molar-refractivity contribution in [2.75, 3.05) is 0 Å². The van der Waals surface area contributed by atoms with Gasteiger partial charge in [0, 0.05) is 5.92 Å². The van der Waals surface area contributed by atoms with Gasteiger partial charge in [0.05, 0.1) is 4.90 Å². The molecule has 0 bridgehead atoms. The van der Waals surface area contributed by atoms with E-state index in [2.05, 4.69) is 5.32 Å². The highest BCUT2D eigenvalue weighted by Gasteiger charge is 2.73. The Labute approximate surface area is 175 Å². The highest BCUT2D eigenvalue weighted by atomic mass is 32.2. The molecule has 0 spiro atoms. The number of rotatable bonds is 5. The minimum atomic E-state index is -3.99. The first-order valence-electron chi connectivity index (χ1n) is 9.44. The van der Waals surface area contributed by atoms with Gasteiger partial charge in [-0.25, -0.2) is 17.6 Å². The summed E-state index contributed by atoms with van der Waals surface area (Å²) in [6.45, 7) is 6.80. The first-order chi connectivity index (χ1) is 13.9. The Hall–Kier alpha value is -2.74. The van der Waals surface area contributed by atoms with Gasteiger partial charge in [-0.3, -0.25) is 0 Å². The first-order valence-corrected chi connectivity index (χ1v) is 11.0. The van der Waals surface area contributed by atoms with E-state index in [-0.39, 0.29) is 4.90 Å². The summed E-state index contributed by atoms with van der Waals surface area (Å²) >= 11 is 0. The van der Waals surface area contributed by atoms with E-state index in [1.165, 1.54) is 36.4 Å². The molecular formula is C22H24FNO5S. The van der Waals surface area contributed by atoms with Crippen LogP contribution in [-0.4, -0.2) is 37.2 Å².